The first-order valence-electron chi connectivity index (χ1n) is 10.2. The van der Waals surface area contributed by atoms with E-state index in [1.807, 2.05) is 23.9 Å². The van der Waals surface area contributed by atoms with Gasteiger partial charge >= 0.3 is 6.09 Å². The number of rotatable bonds is 6. The molecule has 1 saturated heterocycles. The summed E-state index contributed by atoms with van der Waals surface area (Å²) in [6.45, 7) is 4.45. The molecule has 0 spiro atoms. The summed E-state index contributed by atoms with van der Waals surface area (Å²) in [6.07, 6.45) is 6.16. The van der Waals surface area contributed by atoms with E-state index in [-0.39, 0.29) is 6.09 Å². The zero-order valence-electron chi connectivity index (χ0n) is 17.2. The van der Waals surface area contributed by atoms with Gasteiger partial charge in [-0.2, -0.15) is 5.10 Å². The predicted molar refractivity (Wildman–Crippen MR) is 113 cm³/mol. The van der Waals surface area contributed by atoms with E-state index in [9.17, 15) is 4.79 Å². The fourth-order valence-electron chi connectivity index (χ4n) is 3.37. The molecule has 1 aliphatic heterocycles. The van der Waals surface area contributed by atoms with Gasteiger partial charge < -0.3 is 20.3 Å². The number of carbonyl (C=O) groups excluding carboxylic acids is 1. The molecule has 29 heavy (non-hydrogen) atoms. The molecule has 0 saturated carbocycles. The van der Waals surface area contributed by atoms with Crippen molar-refractivity contribution in [1.29, 1.82) is 0 Å². The molecule has 0 radical (unpaired) electrons. The summed E-state index contributed by atoms with van der Waals surface area (Å²) in [5.74, 6) is 0.799. The Morgan fingerprint density at radius 2 is 2.03 bits per heavy atom. The van der Waals surface area contributed by atoms with Crippen LogP contribution in [0.5, 0.6) is 0 Å². The molecule has 1 aliphatic rings. The zero-order chi connectivity index (χ0) is 20.5. The average molecular weight is 399 g/mol. The van der Waals surface area contributed by atoms with E-state index < -0.39 is 0 Å². The first kappa shape index (κ1) is 20.7. The number of aromatic nitrogens is 2. The number of guanidine groups is 1. The van der Waals surface area contributed by atoms with Crippen LogP contribution in [-0.4, -0.2) is 66.1 Å². The van der Waals surface area contributed by atoms with Gasteiger partial charge in [-0.05, 0) is 49.9 Å². The number of carbonyl (C=O) groups is 1. The van der Waals surface area contributed by atoms with E-state index in [0.29, 0.717) is 25.7 Å². The Hall–Kier alpha value is -3.03. The summed E-state index contributed by atoms with van der Waals surface area (Å²) in [4.78, 5) is 17.9. The molecular formula is C21H30N6O2. The van der Waals surface area contributed by atoms with Crippen LogP contribution in [0.25, 0.3) is 5.69 Å². The van der Waals surface area contributed by atoms with Crippen LogP contribution in [0.4, 0.5) is 4.79 Å². The highest BCUT2D eigenvalue weighted by molar-refractivity contribution is 5.80. The van der Waals surface area contributed by atoms with Crippen molar-refractivity contribution >= 4 is 12.1 Å². The molecular weight excluding hydrogens is 368 g/mol. The summed E-state index contributed by atoms with van der Waals surface area (Å²) < 4.78 is 6.92. The number of likely N-dealkylation sites (tertiary alicyclic amines) is 1. The lowest BCUT2D eigenvalue weighted by Gasteiger charge is -2.32. The molecule has 0 bridgehead atoms. The Morgan fingerprint density at radius 3 is 2.66 bits per heavy atom. The van der Waals surface area contributed by atoms with Crippen LogP contribution in [0.1, 0.15) is 25.3 Å². The third-order valence-corrected chi connectivity index (χ3v) is 5.00. The molecule has 0 atom stereocenters. The molecule has 1 amide bonds. The van der Waals surface area contributed by atoms with Crippen molar-refractivity contribution in [3.63, 3.8) is 0 Å². The average Bonchev–Trinajstić information content (AvgIpc) is 3.29. The van der Waals surface area contributed by atoms with Gasteiger partial charge in [-0.3, -0.25) is 4.99 Å². The molecule has 2 aromatic rings. The van der Waals surface area contributed by atoms with Gasteiger partial charge in [0.1, 0.15) is 0 Å². The number of benzene rings is 1. The summed E-state index contributed by atoms with van der Waals surface area (Å²) in [5, 5.41) is 11.1. The van der Waals surface area contributed by atoms with Gasteiger partial charge in [0, 0.05) is 45.1 Å². The minimum Gasteiger partial charge on any atom is -0.450 e. The maximum absolute atomic E-state index is 11.8. The zero-order valence-corrected chi connectivity index (χ0v) is 17.2. The molecule has 1 aromatic heterocycles. The smallest absolute Gasteiger partial charge is 0.409 e. The molecule has 156 valence electrons. The highest BCUT2D eigenvalue weighted by Gasteiger charge is 2.23. The second-order valence-electron chi connectivity index (χ2n) is 6.97. The quantitative estimate of drug-likeness (QED) is 0.576. The minimum atomic E-state index is -0.216. The summed E-state index contributed by atoms with van der Waals surface area (Å²) in [6, 6.07) is 10.6. The molecule has 2 heterocycles. The lowest BCUT2D eigenvalue weighted by atomic mass is 10.1. The predicted octanol–water partition coefficient (Wildman–Crippen LogP) is 2.20. The second kappa shape index (κ2) is 10.5. The Balaban J connectivity index is 1.39. The number of amides is 1. The van der Waals surface area contributed by atoms with E-state index in [1.165, 1.54) is 5.56 Å². The van der Waals surface area contributed by atoms with E-state index in [2.05, 4.69) is 45.0 Å². The molecule has 3 rings (SSSR count). The Kier molecular flexibility index (Phi) is 7.49. The Labute approximate surface area is 171 Å². The molecule has 8 heteroatoms. The highest BCUT2D eigenvalue weighted by atomic mass is 16.6. The van der Waals surface area contributed by atoms with Crippen molar-refractivity contribution < 1.29 is 9.53 Å². The summed E-state index contributed by atoms with van der Waals surface area (Å²) in [5.41, 5.74) is 2.31. The van der Waals surface area contributed by atoms with Crippen molar-refractivity contribution in [3.8, 4) is 5.69 Å². The Morgan fingerprint density at radius 1 is 1.28 bits per heavy atom. The molecule has 8 nitrogen and oxygen atoms in total. The van der Waals surface area contributed by atoms with E-state index >= 15 is 0 Å². The van der Waals surface area contributed by atoms with Crippen molar-refractivity contribution in [3.05, 3.63) is 48.3 Å². The third-order valence-electron chi connectivity index (χ3n) is 5.00. The maximum Gasteiger partial charge on any atom is 0.409 e. The number of piperidine rings is 1. The normalized spacial score (nSPS) is 15.2. The maximum atomic E-state index is 11.8. The fourth-order valence-corrected chi connectivity index (χ4v) is 3.37. The van der Waals surface area contributed by atoms with Crippen LogP contribution in [0.15, 0.2) is 47.7 Å². The van der Waals surface area contributed by atoms with Gasteiger partial charge in [0.05, 0.1) is 12.3 Å². The van der Waals surface area contributed by atoms with Crippen LogP contribution < -0.4 is 10.6 Å². The highest BCUT2D eigenvalue weighted by Crippen LogP contribution is 2.12. The van der Waals surface area contributed by atoms with Crippen LogP contribution >= 0.6 is 0 Å². The SMILES string of the molecule is CCOC(=O)N1CCC(NC(=NC)NCCc2ccc(-n3cccn3)cc2)CC1. The summed E-state index contributed by atoms with van der Waals surface area (Å²) >= 11 is 0. The van der Waals surface area contributed by atoms with Gasteiger partial charge in [0.25, 0.3) is 0 Å². The number of hydrogen-bond donors (Lipinski definition) is 2. The number of nitrogens with zero attached hydrogens (tertiary/aromatic N) is 4. The Bertz CT molecular complexity index is 780. The monoisotopic (exact) mass is 398 g/mol. The topological polar surface area (TPSA) is 83.8 Å². The van der Waals surface area contributed by atoms with Gasteiger partial charge in [-0.15, -0.1) is 0 Å². The number of ether oxygens (including phenoxy) is 1. The van der Waals surface area contributed by atoms with Crippen molar-refractivity contribution in [1.82, 2.24) is 25.3 Å². The standard InChI is InChI=1S/C21H30N6O2/c1-3-29-21(28)26-15-10-18(11-16-26)25-20(22-2)23-13-9-17-5-7-19(8-6-17)27-14-4-12-24-27/h4-8,12,14,18H,3,9-11,13,15-16H2,1-2H3,(H2,22,23,25). The van der Waals surface area contributed by atoms with Crippen molar-refractivity contribution in [2.75, 3.05) is 33.3 Å². The minimum absolute atomic E-state index is 0.216. The summed E-state index contributed by atoms with van der Waals surface area (Å²) in [7, 11) is 1.78. The largest absolute Gasteiger partial charge is 0.450 e. The molecule has 1 aromatic carbocycles. The van der Waals surface area contributed by atoms with E-state index in [1.54, 1.807) is 18.1 Å². The van der Waals surface area contributed by atoms with Gasteiger partial charge in [0.15, 0.2) is 5.96 Å². The lowest BCUT2D eigenvalue weighted by molar-refractivity contribution is 0.0963. The van der Waals surface area contributed by atoms with Gasteiger partial charge in [0.2, 0.25) is 0 Å². The van der Waals surface area contributed by atoms with Crippen LogP contribution in [0.2, 0.25) is 0 Å². The first-order chi connectivity index (χ1) is 14.2. The first-order valence-corrected chi connectivity index (χ1v) is 10.2. The molecule has 0 aliphatic carbocycles. The van der Waals surface area contributed by atoms with Crippen molar-refractivity contribution in [2.24, 2.45) is 4.99 Å². The van der Waals surface area contributed by atoms with Crippen molar-refractivity contribution in [2.45, 2.75) is 32.2 Å². The second-order valence-corrected chi connectivity index (χ2v) is 6.97. The molecule has 0 unspecified atom stereocenters. The molecule has 2 N–H and O–H groups in total. The molecule has 1 fully saturated rings. The van der Waals surface area contributed by atoms with Crippen LogP contribution in [0.3, 0.4) is 0 Å². The van der Waals surface area contributed by atoms with Gasteiger partial charge in [-0.1, -0.05) is 12.1 Å². The van der Waals surface area contributed by atoms with Crippen LogP contribution in [-0.2, 0) is 11.2 Å². The number of hydrogen-bond acceptors (Lipinski definition) is 4. The van der Waals surface area contributed by atoms with Gasteiger partial charge in [-0.25, -0.2) is 9.48 Å². The third kappa shape index (κ3) is 5.97. The lowest BCUT2D eigenvalue weighted by Crippen LogP contribution is -2.50. The van der Waals surface area contributed by atoms with E-state index in [4.69, 9.17) is 4.74 Å². The number of aliphatic imine (C=N–C) groups is 1. The fraction of sp³-hybridized carbons (Fsp3) is 0.476. The van der Waals surface area contributed by atoms with E-state index in [0.717, 1.165) is 37.5 Å². The van der Waals surface area contributed by atoms with Crippen LogP contribution in [0, 0.1) is 0 Å². The number of nitrogens with one attached hydrogen (secondary N) is 2.